The number of nitrogens with one attached hydrogen (secondary N) is 1. The Kier molecular flexibility index (Phi) is 2.60. The summed E-state index contributed by atoms with van der Waals surface area (Å²) in [7, 11) is 0. The Morgan fingerprint density at radius 2 is 1.87 bits per heavy atom. The summed E-state index contributed by atoms with van der Waals surface area (Å²) in [5, 5.41) is 0. The molecule has 4 heteroatoms. The van der Waals surface area contributed by atoms with E-state index in [1.165, 1.54) is 12.1 Å². The fourth-order valence-electron chi connectivity index (χ4n) is 1.31. The first-order chi connectivity index (χ1) is 7.16. The average Bonchev–Trinajstić information content (AvgIpc) is 2.17. The van der Waals surface area contributed by atoms with E-state index in [4.69, 9.17) is 12.2 Å². The number of hydrogen-bond donors (Lipinski definition) is 1. The molecule has 2 aromatic rings. The molecule has 0 saturated carbocycles. The number of aromatic amines is 1. The van der Waals surface area contributed by atoms with Crippen molar-refractivity contribution in [3.63, 3.8) is 0 Å². The van der Waals surface area contributed by atoms with Crippen LogP contribution in [0, 0.1) is 16.3 Å². The standard InChI is InChI=1S/C11H7F2NS/c12-7-4-5-8(9(13)6-7)10-2-1-3-11(15)14-10/h1-6H,(H,14,15). The van der Waals surface area contributed by atoms with Gasteiger partial charge in [-0.25, -0.2) is 8.78 Å². The number of benzene rings is 1. The topological polar surface area (TPSA) is 15.8 Å². The Morgan fingerprint density at radius 1 is 1.07 bits per heavy atom. The molecular formula is C11H7F2NS. The van der Waals surface area contributed by atoms with Crippen LogP contribution < -0.4 is 0 Å². The first-order valence-electron chi connectivity index (χ1n) is 4.31. The number of aromatic nitrogens is 1. The monoisotopic (exact) mass is 223 g/mol. The lowest BCUT2D eigenvalue weighted by Gasteiger charge is -2.03. The summed E-state index contributed by atoms with van der Waals surface area (Å²) in [4.78, 5) is 2.84. The lowest BCUT2D eigenvalue weighted by molar-refractivity contribution is 0.585. The van der Waals surface area contributed by atoms with E-state index in [0.29, 0.717) is 15.9 Å². The number of H-pyrrole nitrogens is 1. The second-order valence-corrected chi connectivity index (χ2v) is 3.49. The summed E-state index contributed by atoms with van der Waals surface area (Å²) in [6, 6.07) is 8.54. The van der Waals surface area contributed by atoms with E-state index in [1.807, 2.05) is 0 Å². The SMILES string of the molecule is Fc1ccc(-c2cccc(=S)[nH]2)c(F)c1. The molecule has 0 aliphatic carbocycles. The van der Waals surface area contributed by atoms with Crippen LogP contribution in [0.4, 0.5) is 8.78 Å². The van der Waals surface area contributed by atoms with Crippen molar-refractivity contribution in [3.05, 3.63) is 52.7 Å². The Labute approximate surface area is 90.4 Å². The predicted molar refractivity (Wildman–Crippen MR) is 57.0 cm³/mol. The highest BCUT2D eigenvalue weighted by atomic mass is 32.1. The van der Waals surface area contributed by atoms with Crippen molar-refractivity contribution < 1.29 is 8.78 Å². The van der Waals surface area contributed by atoms with Crippen molar-refractivity contribution in [1.82, 2.24) is 4.98 Å². The second-order valence-electron chi connectivity index (χ2n) is 3.05. The Morgan fingerprint density at radius 3 is 2.53 bits per heavy atom. The third kappa shape index (κ3) is 2.10. The van der Waals surface area contributed by atoms with Crippen molar-refractivity contribution in [3.8, 4) is 11.3 Å². The molecule has 15 heavy (non-hydrogen) atoms. The highest BCUT2D eigenvalue weighted by molar-refractivity contribution is 7.71. The molecule has 1 aromatic carbocycles. The maximum Gasteiger partial charge on any atom is 0.135 e. The highest BCUT2D eigenvalue weighted by Gasteiger charge is 2.05. The Hall–Kier alpha value is -1.55. The smallest absolute Gasteiger partial charge is 0.135 e. The highest BCUT2D eigenvalue weighted by Crippen LogP contribution is 2.20. The van der Waals surface area contributed by atoms with Crippen molar-refractivity contribution >= 4 is 12.2 Å². The quantitative estimate of drug-likeness (QED) is 0.729. The molecule has 2 rings (SSSR count). The minimum absolute atomic E-state index is 0.308. The van der Waals surface area contributed by atoms with Gasteiger partial charge in [-0.3, -0.25) is 0 Å². The van der Waals surface area contributed by atoms with Crippen LogP contribution in [0.1, 0.15) is 0 Å². The maximum atomic E-state index is 13.4. The van der Waals surface area contributed by atoms with Crippen LogP contribution in [0.2, 0.25) is 0 Å². The van der Waals surface area contributed by atoms with Crippen LogP contribution in [0.15, 0.2) is 36.4 Å². The molecule has 1 nitrogen and oxygen atoms in total. The van der Waals surface area contributed by atoms with Gasteiger partial charge in [-0.15, -0.1) is 0 Å². The van der Waals surface area contributed by atoms with Crippen molar-refractivity contribution in [1.29, 1.82) is 0 Å². The molecule has 0 spiro atoms. The number of halogens is 2. The van der Waals surface area contributed by atoms with Gasteiger partial charge in [0.2, 0.25) is 0 Å². The molecule has 76 valence electrons. The number of pyridine rings is 1. The summed E-state index contributed by atoms with van der Waals surface area (Å²) in [5.41, 5.74) is 0.850. The fourth-order valence-corrected chi connectivity index (χ4v) is 1.50. The lowest BCUT2D eigenvalue weighted by atomic mass is 10.1. The lowest BCUT2D eigenvalue weighted by Crippen LogP contribution is -1.89. The van der Waals surface area contributed by atoms with Gasteiger partial charge in [-0.1, -0.05) is 18.3 Å². The third-order valence-electron chi connectivity index (χ3n) is 1.99. The van der Waals surface area contributed by atoms with Gasteiger partial charge >= 0.3 is 0 Å². The molecule has 0 aliphatic heterocycles. The van der Waals surface area contributed by atoms with Gasteiger partial charge in [0, 0.05) is 17.3 Å². The van der Waals surface area contributed by atoms with Crippen molar-refractivity contribution in [2.75, 3.05) is 0 Å². The summed E-state index contributed by atoms with van der Waals surface area (Å²) >= 11 is 4.92. The molecule has 0 bridgehead atoms. The zero-order valence-corrected chi connectivity index (χ0v) is 8.44. The van der Waals surface area contributed by atoms with Gasteiger partial charge in [-0.2, -0.15) is 0 Å². The van der Waals surface area contributed by atoms with Crippen molar-refractivity contribution in [2.24, 2.45) is 0 Å². The van der Waals surface area contributed by atoms with E-state index in [2.05, 4.69) is 4.98 Å². The second kappa shape index (κ2) is 3.90. The van der Waals surface area contributed by atoms with Gasteiger partial charge in [-0.05, 0) is 24.3 Å². The first-order valence-corrected chi connectivity index (χ1v) is 4.72. The van der Waals surface area contributed by atoms with Gasteiger partial charge in [0.15, 0.2) is 0 Å². The van der Waals surface area contributed by atoms with Gasteiger partial charge in [0.25, 0.3) is 0 Å². The van der Waals surface area contributed by atoms with E-state index in [0.717, 1.165) is 6.07 Å². The molecule has 1 heterocycles. The molecule has 0 radical (unpaired) electrons. The minimum atomic E-state index is -0.605. The molecular weight excluding hydrogens is 216 g/mol. The van der Waals surface area contributed by atoms with Crippen molar-refractivity contribution in [2.45, 2.75) is 0 Å². The number of hydrogen-bond acceptors (Lipinski definition) is 1. The first kappa shape index (κ1) is 9.98. The van der Waals surface area contributed by atoms with Crippen LogP contribution in [0.5, 0.6) is 0 Å². The summed E-state index contributed by atoms with van der Waals surface area (Å²) in [5.74, 6) is -1.20. The summed E-state index contributed by atoms with van der Waals surface area (Å²) in [6.07, 6.45) is 0. The molecule has 0 atom stereocenters. The summed E-state index contributed by atoms with van der Waals surface area (Å²) in [6.45, 7) is 0. The Balaban J connectivity index is 2.59. The van der Waals surface area contributed by atoms with Crippen LogP contribution in [-0.2, 0) is 0 Å². The zero-order chi connectivity index (χ0) is 10.8. The van der Waals surface area contributed by atoms with E-state index < -0.39 is 11.6 Å². The van der Waals surface area contributed by atoms with E-state index in [1.54, 1.807) is 18.2 Å². The average molecular weight is 223 g/mol. The third-order valence-corrected chi connectivity index (χ3v) is 2.23. The van der Waals surface area contributed by atoms with E-state index in [-0.39, 0.29) is 0 Å². The molecule has 0 fully saturated rings. The van der Waals surface area contributed by atoms with Crippen LogP contribution >= 0.6 is 12.2 Å². The van der Waals surface area contributed by atoms with Gasteiger partial charge in [0.1, 0.15) is 16.3 Å². The van der Waals surface area contributed by atoms with Crippen LogP contribution in [0.3, 0.4) is 0 Å². The Bertz CT molecular complexity index is 548. The molecule has 1 aromatic heterocycles. The molecule has 0 saturated heterocycles. The largest absolute Gasteiger partial charge is 0.346 e. The molecule has 0 aliphatic rings. The van der Waals surface area contributed by atoms with E-state index in [9.17, 15) is 8.78 Å². The van der Waals surface area contributed by atoms with Crippen LogP contribution in [-0.4, -0.2) is 4.98 Å². The van der Waals surface area contributed by atoms with E-state index >= 15 is 0 Å². The molecule has 0 unspecified atom stereocenters. The normalized spacial score (nSPS) is 10.3. The minimum Gasteiger partial charge on any atom is -0.346 e. The van der Waals surface area contributed by atoms with Gasteiger partial charge < -0.3 is 4.98 Å². The number of rotatable bonds is 1. The van der Waals surface area contributed by atoms with Crippen LogP contribution in [0.25, 0.3) is 11.3 Å². The maximum absolute atomic E-state index is 13.4. The molecule has 1 N–H and O–H groups in total. The molecule has 0 amide bonds. The van der Waals surface area contributed by atoms with Gasteiger partial charge in [0.05, 0.1) is 0 Å². The predicted octanol–water partition coefficient (Wildman–Crippen LogP) is 3.69. The fraction of sp³-hybridized carbons (Fsp3) is 0. The zero-order valence-electron chi connectivity index (χ0n) is 7.63. The summed E-state index contributed by atoms with van der Waals surface area (Å²) < 4.78 is 26.6.